The van der Waals surface area contributed by atoms with Crippen LogP contribution in [0.3, 0.4) is 0 Å². The van der Waals surface area contributed by atoms with Gasteiger partial charge in [-0.05, 0) is 0 Å². The second-order valence-corrected chi connectivity index (χ2v) is 2.53. The second kappa shape index (κ2) is 7.99. The molecule has 1 rings (SSSR count). The van der Waals surface area contributed by atoms with E-state index in [4.69, 9.17) is 0 Å². The van der Waals surface area contributed by atoms with E-state index in [0.29, 0.717) is 0 Å². The molecular weight excluding hydrogens is 148 g/mol. The largest absolute Gasteiger partial charge is 0.298 e. The van der Waals surface area contributed by atoms with Gasteiger partial charge in [0.15, 0.2) is 0 Å². The molecule has 0 bridgehead atoms. The van der Waals surface area contributed by atoms with Gasteiger partial charge in [-0.3, -0.25) is 4.79 Å². The summed E-state index contributed by atoms with van der Waals surface area (Å²) >= 11 is 0. The summed E-state index contributed by atoms with van der Waals surface area (Å²) in [6, 6.07) is 9.10. The highest BCUT2D eigenvalue weighted by Crippen LogP contribution is 1.91. The van der Waals surface area contributed by atoms with Gasteiger partial charge in [0.05, 0.1) is 0 Å². The molecule has 0 saturated heterocycles. The fourth-order valence-corrected chi connectivity index (χ4v) is 0.532. The summed E-state index contributed by atoms with van der Waals surface area (Å²) in [5, 5.41) is 0. The minimum absolute atomic E-state index is 0.729. The van der Waals surface area contributed by atoms with Crippen molar-refractivity contribution in [2.45, 2.75) is 26.7 Å². The number of aldehydes is 1. The van der Waals surface area contributed by atoms with Crippen molar-refractivity contribution in [2.24, 2.45) is 0 Å². The molecule has 1 aromatic rings. The lowest BCUT2D eigenvalue weighted by Crippen LogP contribution is -1.73. The van der Waals surface area contributed by atoms with Crippen LogP contribution in [0.2, 0.25) is 0 Å². The number of unbranched alkanes of at least 4 members (excludes halogenated alkanes) is 1. The molecule has 1 heteroatoms. The van der Waals surface area contributed by atoms with Gasteiger partial charge in [-0.15, -0.1) is 0 Å². The molecule has 0 fully saturated rings. The summed E-state index contributed by atoms with van der Waals surface area (Å²) < 4.78 is 0. The van der Waals surface area contributed by atoms with Gasteiger partial charge in [-0.1, -0.05) is 57.0 Å². The fraction of sp³-hybridized carbons (Fsp3) is 0.364. The highest BCUT2D eigenvalue weighted by molar-refractivity contribution is 5.74. The van der Waals surface area contributed by atoms with Gasteiger partial charge >= 0.3 is 0 Å². The van der Waals surface area contributed by atoms with E-state index in [1.54, 1.807) is 12.1 Å². The van der Waals surface area contributed by atoms with Crippen molar-refractivity contribution in [3.05, 3.63) is 35.9 Å². The number of rotatable bonds is 2. The molecule has 0 aromatic heterocycles. The van der Waals surface area contributed by atoms with Crippen LogP contribution in [0.4, 0.5) is 0 Å². The lowest BCUT2D eigenvalue weighted by molar-refractivity contribution is 0.112. The first-order valence-corrected chi connectivity index (χ1v) is 4.35. The molecule has 0 atom stereocenters. The molecular formula is C11H16O. The molecule has 0 amide bonds. The van der Waals surface area contributed by atoms with Crippen LogP contribution in [0.1, 0.15) is 37.0 Å². The molecule has 66 valence electrons. The minimum Gasteiger partial charge on any atom is -0.298 e. The van der Waals surface area contributed by atoms with Crippen LogP contribution in [0.5, 0.6) is 0 Å². The molecule has 0 aliphatic rings. The van der Waals surface area contributed by atoms with Crippen molar-refractivity contribution in [1.82, 2.24) is 0 Å². The van der Waals surface area contributed by atoms with Gasteiger partial charge < -0.3 is 0 Å². The third kappa shape index (κ3) is 5.66. The van der Waals surface area contributed by atoms with Gasteiger partial charge in [0, 0.05) is 5.56 Å². The smallest absolute Gasteiger partial charge is 0.150 e. The molecule has 1 nitrogen and oxygen atoms in total. The zero-order valence-corrected chi connectivity index (χ0v) is 7.79. The van der Waals surface area contributed by atoms with E-state index in [1.807, 2.05) is 18.2 Å². The van der Waals surface area contributed by atoms with Crippen molar-refractivity contribution < 1.29 is 4.79 Å². The maximum Gasteiger partial charge on any atom is 0.150 e. The molecule has 0 aliphatic heterocycles. The predicted octanol–water partition coefficient (Wildman–Crippen LogP) is 3.31. The molecule has 0 unspecified atom stereocenters. The predicted molar refractivity (Wildman–Crippen MR) is 52.4 cm³/mol. The van der Waals surface area contributed by atoms with E-state index < -0.39 is 0 Å². The topological polar surface area (TPSA) is 17.1 Å². The second-order valence-electron chi connectivity index (χ2n) is 2.53. The van der Waals surface area contributed by atoms with Crippen LogP contribution in [0.15, 0.2) is 30.3 Å². The van der Waals surface area contributed by atoms with E-state index in [2.05, 4.69) is 13.8 Å². The standard InChI is InChI=1S/C7H6O.C4H10/c8-6-7-4-2-1-3-5-7;1-3-4-2/h1-6H;3-4H2,1-2H3. The average molecular weight is 164 g/mol. The van der Waals surface area contributed by atoms with Gasteiger partial charge in [0.2, 0.25) is 0 Å². The summed E-state index contributed by atoms with van der Waals surface area (Å²) in [7, 11) is 0. The molecule has 0 radical (unpaired) electrons. The first-order valence-electron chi connectivity index (χ1n) is 4.35. The Balaban J connectivity index is 0.000000261. The monoisotopic (exact) mass is 164 g/mol. The highest BCUT2D eigenvalue weighted by atomic mass is 16.1. The number of carbonyl (C=O) groups is 1. The Hall–Kier alpha value is -1.11. The summed E-state index contributed by atoms with van der Waals surface area (Å²) in [4.78, 5) is 10.0. The number of hydrogen-bond acceptors (Lipinski definition) is 1. The normalized spacial score (nSPS) is 8.17. The van der Waals surface area contributed by atoms with Gasteiger partial charge in [-0.2, -0.15) is 0 Å². The van der Waals surface area contributed by atoms with E-state index in [-0.39, 0.29) is 0 Å². The van der Waals surface area contributed by atoms with Crippen LogP contribution < -0.4 is 0 Å². The Morgan fingerprint density at radius 3 is 1.83 bits per heavy atom. The first kappa shape index (κ1) is 10.9. The maximum atomic E-state index is 10.0. The Morgan fingerprint density at radius 2 is 1.58 bits per heavy atom. The van der Waals surface area contributed by atoms with Gasteiger partial charge in [0.1, 0.15) is 6.29 Å². The van der Waals surface area contributed by atoms with Crippen LogP contribution >= 0.6 is 0 Å². The maximum absolute atomic E-state index is 10.0. The molecule has 1 aromatic carbocycles. The molecule has 0 N–H and O–H groups in total. The Bertz CT molecular complexity index is 189. The Morgan fingerprint density at radius 1 is 1.08 bits per heavy atom. The lowest BCUT2D eigenvalue weighted by Gasteiger charge is -1.81. The molecule has 0 aliphatic carbocycles. The van der Waals surface area contributed by atoms with Crippen molar-refractivity contribution in [2.75, 3.05) is 0 Å². The van der Waals surface area contributed by atoms with Crippen LogP contribution in [0, 0.1) is 0 Å². The molecule has 0 saturated carbocycles. The molecule has 0 heterocycles. The van der Waals surface area contributed by atoms with Crippen molar-refractivity contribution in [3.8, 4) is 0 Å². The summed E-state index contributed by atoms with van der Waals surface area (Å²) in [6.07, 6.45) is 3.47. The number of carbonyl (C=O) groups excluding carboxylic acids is 1. The van der Waals surface area contributed by atoms with Crippen LogP contribution in [-0.2, 0) is 0 Å². The number of benzene rings is 1. The minimum atomic E-state index is 0.729. The van der Waals surface area contributed by atoms with Crippen molar-refractivity contribution >= 4 is 6.29 Å². The van der Waals surface area contributed by atoms with Crippen molar-refractivity contribution in [3.63, 3.8) is 0 Å². The van der Waals surface area contributed by atoms with E-state index in [0.717, 1.165) is 11.8 Å². The van der Waals surface area contributed by atoms with Gasteiger partial charge in [-0.25, -0.2) is 0 Å². The summed E-state index contributed by atoms with van der Waals surface area (Å²) in [5.41, 5.74) is 0.729. The number of hydrogen-bond donors (Lipinski definition) is 0. The van der Waals surface area contributed by atoms with E-state index in [1.165, 1.54) is 12.8 Å². The highest BCUT2D eigenvalue weighted by Gasteiger charge is 1.79. The summed E-state index contributed by atoms with van der Waals surface area (Å²) in [5.74, 6) is 0. The van der Waals surface area contributed by atoms with Crippen molar-refractivity contribution in [1.29, 1.82) is 0 Å². The van der Waals surface area contributed by atoms with E-state index in [9.17, 15) is 4.79 Å². The van der Waals surface area contributed by atoms with Gasteiger partial charge in [0.25, 0.3) is 0 Å². The average Bonchev–Trinajstić information content (AvgIpc) is 2.19. The quantitative estimate of drug-likeness (QED) is 0.613. The zero-order chi connectivity index (χ0) is 9.23. The van der Waals surface area contributed by atoms with Crippen LogP contribution in [0.25, 0.3) is 0 Å². The first-order chi connectivity index (χ1) is 5.85. The third-order valence-corrected chi connectivity index (χ3v) is 1.44. The Kier molecular flexibility index (Phi) is 7.25. The van der Waals surface area contributed by atoms with Crippen LogP contribution in [-0.4, -0.2) is 6.29 Å². The fourth-order valence-electron chi connectivity index (χ4n) is 0.532. The lowest BCUT2D eigenvalue weighted by atomic mass is 10.2. The Labute approximate surface area is 74.4 Å². The zero-order valence-electron chi connectivity index (χ0n) is 7.79. The van der Waals surface area contributed by atoms with E-state index >= 15 is 0 Å². The summed E-state index contributed by atoms with van der Waals surface area (Å²) in [6.45, 7) is 4.36. The molecule has 0 spiro atoms. The SMILES string of the molecule is CCCC.O=Cc1ccccc1. The third-order valence-electron chi connectivity index (χ3n) is 1.44. The molecule has 12 heavy (non-hydrogen) atoms.